The summed E-state index contributed by atoms with van der Waals surface area (Å²) in [5.74, 6) is 0.251. The van der Waals surface area contributed by atoms with E-state index in [9.17, 15) is 0 Å². The molecule has 12 aromatic rings. The molecule has 2 aliphatic rings. The van der Waals surface area contributed by atoms with Crippen molar-refractivity contribution in [1.29, 1.82) is 0 Å². The molecule has 3 heterocycles. The van der Waals surface area contributed by atoms with Crippen molar-refractivity contribution >= 4 is 66.6 Å². The van der Waals surface area contributed by atoms with Gasteiger partial charge < -0.3 is 13.7 Å². The second-order valence-electron chi connectivity index (χ2n) is 19.5. The second kappa shape index (κ2) is 16.3. The number of nitrogens with zero attached hydrogens (tertiary/aromatic N) is 1. The van der Waals surface area contributed by atoms with Crippen LogP contribution in [0.25, 0.3) is 98.1 Å². The van der Waals surface area contributed by atoms with Gasteiger partial charge in [-0.05, 0) is 93.4 Å². The zero-order chi connectivity index (χ0) is 47.2. The molecule has 0 amide bonds. The third kappa shape index (κ3) is 6.70. The van der Waals surface area contributed by atoms with Crippen LogP contribution in [0.5, 0.6) is 0 Å². The molecule has 0 saturated carbocycles. The normalized spacial score (nSPS) is 14.8. The van der Waals surface area contributed by atoms with Crippen molar-refractivity contribution in [2.45, 2.75) is 31.6 Å². The van der Waals surface area contributed by atoms with Gasteiger partial charge in [0.2, 0.25) is 0 Å². The quantitative estimate of drug-likeness (QED) is 0.152. The zero-order valence-electron chi connectivity index (χ0n) is 39.4. The van der Waals surface area contributed by atoms with Gasteiger partial charge in [0, 0.05) is 76.4 Å². The van der Waals surface area contributed by atoms with Crippen molar-refractivity contribution in [2.75, 3.05) is 4.90 Å². The van der Waals surface area contributed by atoms with Gasteiger partial charge in [-0.2, -0.15) is 0 Å². The smallest absolute Gasteiger partial charge is 0.143 e. The molecule has 0 saturated heterocycles. The Morgan fingerprint density at radius 2 is 0.972 bits per heavy atom. The van der Waals surface area contributed by atoms with E-state index < -0.39 is 0 Å². The standard InChI is InChI=1S/C67H47NO2S/c1-67(2)58-23-9-6-18-57(58)61-62(67)66(46-14-4-3-5-15-46)71-65(61)47-28-26-42(27-29-47)43-30-36-48(37-31-43)68(49-38-32-44(33-39-49)51-19-12-21-55-53-16-7-10-24-59(53)69-63(51)55)50-40-34-45(35-41-50)52-20-13-22-56-54-17-8-11-25-60(54)70-64(52)56/h3-30,32-41,43H,31H2,1-2H3. The maximum atomic E-state index is 6.47. The summed E-state index contributed by atoms with van der Waals surface area (Å²) in [5.41, 5.74) is 20.7. The van der Waals surface area contributed by atoms with Crippen molar-refractivity contribution < 1.29 is 8.83 Å². The molecule has 0 spiro atoms. The fourth-order valence-corrected chi connectivity index (χ4v) is 13.0. The average molecular weight is 930 g/mol. The summed E-state index contributed by atoms with van der Waals surface area (Å²) in [6, 6.07) is 76.7. The molecule has 3 aromatic heterocycles. The van der Waals surface area contributed by atoms with Crippen LogP contribution in [0.15, 0.2) is 245 Å². The maximum absolute atomic E-state index is 6.47. The van der Waals surface area contributed by atoms with E-state index in [2.05, 4.69) is 225 Å². The predicted octanol–water partition coefficient (Wildman–Crippen LogP) is 19.3. The van der Waals surface area contributed by atoms with Gasteiger partial charge in [0.1, 0.15) is 22.3 Å². The van der Waals surface area contributed by atoms with Crippen LogP contribution in [0.1, 0.15) is 42.9 Å². The van der Waals surface area contributed by atoms with Crippen molar-refractivity contribution in [2.24, 2.45) is 0 Å². The van der Waals surface area contributed by atoms with Crippen LogP contribution in [0, 0.1) is 0 Å². The van der Waals surface area contributed by atoms with Crippen LogP contribution in [0.3, 0.4) is 0 Å². The Balaban J connectivity index is 0.802. The molecule has 338 valence electrons. The first-order chi connectivity index (χ1) is 35.0. The van der Waals surface area contributed by atoms with Crippen LogP contribution >= 0.6 is 11.3 Å². The third-order valence-corrected chi connectivity index (χ3v) is 16.3. The molecule has 0 bridgehead atoms. The number of hydrogen-bond acceptors (Lipinski definition) is 4. The number of allylic oxidation sites excluding steroid dienone is 3. The van der Waals surface area contributed by atoms with Gasteiger partial charge in [0.25, 0.3) is 0 Å². The Labute approximate surface area is 416 Å². The van der Waals surface area contributed by atoms with E-state index in [0.717, 1.165) is 89.6 Å². The van der Waals surface area contributed by atoms with Crippen LogP contribution in [0.2, 0.25) is 0 Å². The highest BCUT2D eigenvalue weighted by Gasteiger charge is 2.41. The fourth-order valence-electron chi connectivity index (χ4n) is 11.5. The van der Waals surface area contributed by atoms with Crippen LogP contribution in [-0.4, -0.2) is 0 Å². The van der Waals surface area contributed by atoms with E-state index in [1.807, 2.05) is 35.6 Å². The fraction of sp³-hybridized carbons (Fsp3) is 0.0746. The monoisotopic (exact) mass is 929 g/mol. The summed E-state index contributed by atoms with van der Waals surface area (Å²) in [4.78, 5) is 5.10. The largest absolute Gasteiger partial charge is 0.455 e. The molecule has 1 unspecified atom stereocenters. The van der Waals surface area contributed by atoms with Crippen molar-refractivity contribution in [3.63, 3.8) is 0 Å². The van der Waals surface area contributed by atoms with Gasteiger partial charge in [-0.15, -0.1) is 11.3 Å². The molecule has 71 heavy (non-hydrogen) atoms. The molecule has 0 N–H and O–H groups in total. The topological polar surface area (TPSA) is 29.5 Å². The summed E-state index contributed by atoms with van der Waals surface area (Å²) in [5, 5.41) is 4.53. The van der Waals surface area contributed by atoms with E-state index in [-0.39, 0.29) is 11.3 Å². The van der Waals surface area contributed by atoms with Gasteiger partial charge in [0.15, 0.2) is 0 Å². The highest BCUT2D eigenvalue weighted by molar-refractivity contribution is 7.19. The first-order valence-corrected chi connectivity index (χ1v) is 25.4. The molecular weight excluding hydrogens is 883 g/mol. The van der Waals surface area contributed by atoms with E-state index in [0.29, 0.717) is 0 Å². The third-order valence-electron chi connectivity index (χ3n) is 15.1. The lowest BCUT2D eigenvalue weighted by molar-refractivity contribution is 0.664. The molecule has 4 heteroatoms. The zero-order valence-corrected chi connectivity index (χ0v) is 40.2. The number of fused-ring (bicyclic) bond motifs is 9. The van der Waals surface area contributed by atoms with Crippen LogP contribution in [-0.2, 0) is 5.41 Å². The molecule has 0 radical (unpaired) electrons. The molecule has 9 aromatic carbocycles. The Bertz CT molecular complexity index is 3930. The van der Waals surface area contributed by atoms with Gasteiger partial charge >= 0.3 is 0 Å². The molecule has 0 aliphatic heterocycles. The first kappa shape index (κ1) is 41.5. The van der Waals surface area contributed by atoms with Crippen molar-refractivity contribution in [3.05, 3.63) is 253 Å². The highest BCUT2D eigenvalue weighted by atomic mass is 32.1. The van der Waals surface area contributed by atoms with Gasteiger partial charge in [0.05, 0.1) is 0 Å². The first-order valence-electron chi connectivity index (χ1n) is 24.6. The van der Waals surface area contributed by atoms with Gasteiger partial charge in [-0.25, -0.2) is 0 Å². The SMILES string of the molecule is CC1(C)c2ccccc2-c2c(-c3ccc(C4C=CC(N(c5ccc(-c6cccc7c6oc6ccccc67)cc5)c5ccc(-c6cccc7c6oc6ccccc67)cc5)=CC4)cc3)sc(-c3ccccc3)c21. The average Bonchev–Trinajstić information content (AvgIpc) is 4.19. The van der Waals surface area contributed by atoms with Crippen LogP contribution < -0.4 is 4.90 Å². The summed E-state index contributed by atoms with van der Waals surface area (Å²) in [7, 11) is 0. The van der Waals surface area contributed by atoms with E-state index in [1.54, 1.807) is 0 Å². The number of rotatable bonds is 8. The van der Waals surface area contributed by atoms with Gasteiger partial charge in [-0.1, -0.05) is 202 Å². The molecular formula is C67H47NO2S. The van der Waals surface area contributed by atoms with Crippen LogP contribution in [0.4, 0.5) is 11.4 Å². The number of furan rings is 2. The van der Waals surface area contributed by atoms with Gasteiger partial charge in [-0.3, -0.25) is 0 Å². The molecule has 2 aliphatic carbocycles. The summed E-state index contributed by atoms with van der Waals surface area (Å²) in [6.45, 7) is 4.78. The minimum Gasteiger partial charge on any atom is -0.455 e. The number of benzene rings is 9. The van der Waals surface area contributed by atoms with Crippen molar-refractivity contribution in [3.8, 4) is 54.3 Å². The Kier molecular flexibility index (Phi) is 9.55. The predicted molar refractivity (Wildman–Crippen MR) is 298 cm³/mol. The molecule has 1 atom stereocenters. The number of hydrogen-bond donors (Lipinski definition) is 0. The van der Waals surface area contributed by atoms with E-state index in [1.165, 1.54) is 48.7 Å². The Morgan fingerprint density at radius 1 is 0.465 bits per heavy atom. The number of anilines is 2. The number of para-hydroxylation sites is 4. The second-order valence-corrected chi connectivity index (χ2v) is 20.5. The lowest BCUT2D eigenvalue weighted by Crippen LogP contribution is -2.17. The molecule has 3 nitrogen and oxygen atoms in total. The summed E-state index contributed by atoms with van der Waals surface area (Å²) < 4.78 is 12.9. The minimum absolute atomic E-state index is 0.0884. The highest BCUT2D eigenvalue weighted by Crippen LogP contribution is 2.59. The summed E-state index contributed by atoms with van der Waals surface area (Å²) >= 11 is 1.94. The lowest BCUT2D eigenvalue weighted by atomic mass is 9.81. The molecule has 0 fully saturated rings. The Morgan fingerprint density at radius 3 is 1.56 bits per heavy atom. The minimum atomic E-state index is -0.0884. The maximum Gasteiger partial charge on any atom is 0.143 e. The van der Waals surface area contributed by atoms with Crippen molar-refractivity contribution in [1.82, 2.24) is 0 Å². The summed E-state index contributed by atoms with van der Waals surface area (Å²) in [6.07, 6.45) is 7.99. The number of thiophene rings is 1. The Hall–Kier alpha value is -8.44. The lowest BCUT2D eigenvalue weighted by Gasteiger charge is -2.29. The van der Waals surface area contributed by atoms with E-state index >= 15 is 0 Å². The van der Waals surface area contributed by atoms with E-state index in [4.69, 9.17) is 8.83 Å². The molecule has 14 rings (SSSR count).